The Kier molecular flexibility index (Phi) is 3.51. The van der Waals surface area contributed by atoms with Crippen LogP contribution in [0.4, 0.5) is 0 Å². The zero-order valence-electron chi connectivity index (χ0n) is 8.22. The van der Waals surface area contributed by atoms with Crippen molar-refractivity contribution in [3.05, 3.63) is 47.5 Å². The summed E-state index contributed by atoms with van der Waals surface area (Å²) in [6.07, 6.45) is 5.93. The lowest BCUT2D eigenvalue weighted by Crippen LogP contribution is -2.07. The minimum Gasteiger partial charge on any atom is -0.102 e. The topological polar surface area (TPSA) is 0 Å². The Bertz CT molecular complexity index is 323. The lowest BCUT2D eigenvalue weighted by molar-refractivity contribution is 0.629. The Balaban J connectivity index is 0.000000980. The van der Waals surface area contributed by atoms with Crippen molar-refractivity contribution >= 4 is 0 Å². The maximum absolute atomic E-state index is 3.91. The summed E-state index contributed by atoms with van der Waals surface area (Å²) in [4.78, 5) is 0. The molecule has 1 aromatic rings. The highest BCUT2D eigenvalue weighted by Gasteiger charge is 2.16. The quantitative estimate of drug-likeness (QED) is 0.578. The van der Waals surface area contributed by atoms with Gasteiger partial charge in [-0.1, -0.05) is 37.3 Å². The van der Waals surface area contributed by atoms with Crippen molar-refractivity contribution in [2.24, 2.45) is 0 Å². The Morgan fingerprint density at radius 1 is 1.43 bits per heavy atom. The van der Waals surface area contributed by atoms with Gasteiger partial charge in [0, 0.05) is 5.92 Å². The van der Waals surface area contributed by atoms with E-state index >= 15 is 0 Å². The molecule has 0 aromatic heterocycles. The van der Waals surface area contributed by atoms with Gasteiger partial charge in [-0.3, -0.25) is 0 Å². The fraction of sp³-hybridized carbons (Fsp3) is 0.429. The van der Waals surface area contributed by atoms with E-state index in [9.17, 15) is 0 Å². The molecule has 0 saturated carbocycles. The molecule has 76 valence electrons. The summed E-state index contributed by atoms with van der Waals surface area (Å²) in [6, 6.07) is 6.81. The predicted octanol–water partition coefficient (Wildman–Crippen LogP) is 4.24. The molecule has 0 nitrogen and oxygen atoms in total. The third-order valence-corrected chi connectivity index (χ3v) is 2.94. The summed E-state index contributed by atoms with van der Waals surface area (Å²) >= 11 is 0. The largest absolute Gasteiger partial charge is 0.102 e. The van der Waals surface area contributed by atoms with Crippen molar-refractivity contribution in [3.8, 4) is 0 Å². The number of rotatable bonds is 1. The van der Waals surface area contributed by atoms with Crippen LogP contribution >= 0.6 is 0 Å². The maximum atomic E-state index is 3.91. The van der Waals surface area contributed by atoms with E-state index in [1.54, 1.807) is 0 Å². The van der Waals surface area contributed by atoms with Crippen LogP contribution in [0.2, 0.25) is 0 Å². The Morgan fingerprint density at radius 2 is 2.21 bits per heavy atom. The van der Waals surface area contributed by atoms with E-state index in [1.807, 2.05) is 0 Å². The predicted molar refractivity (Wildman–Crippen MR) is 63.8 cm³/mol. The third kappa shape index (κ3) is 1.89. The minimum absolute atomic E-state index is 0. The molecule has 2 rings (SSSR count). The van der Waals surface area contributed by atoms with E-state index in [1.165, 1.54) is 36.0 Å². The van der Waals surface area contributed by atoms with E-state index in [-0.39, 0.29) is 7.43 Å². The molecule has 0 radical (unpaired) electrons. The molecular formula is C14H20. The molecular weight excluding hydrogens is 168 g/mol. The van der Waals surface area contributed by atoms with Crippen LogP contribution in [0, 0.1) is 6.92 Å². The molecule has 1 aliphatic carbocycles. The van der Waals surface area contributed by atoms with Crippen LogP contribution < -0.4 is 0 Å². The van der Waals surface area contributed by atoms with Gasteiger partial charge in [0.15, 0.2) is 0 Å². The Hall–Kier alpha value is -1.04. The first kappa shape index (κ1) is 11.0. The zero-order chi connectivity index (χ0) is 9.26. The molecule has 0 N–H and O–H groups in total. The van der Waals surface area contributed by atoms with E-state index in [0.29, 0.717) is 5.92 Å². The fourth-order valence-corrected chi connectivity index (χ4v) is 2.23. The number of aryl methyl sites for hydroxylation is 2. The van der Waals surface area contributed by atoms with Crippen LogP contribution in [0.1, 0.15) is 42.9 Å². The SMILES string of the molecule is C.C=C[C@@H]1CCCc2cc(C)ccc21. The molecule has 0 fully saturated rings. The summed E-state index contributed by atoms with van der Waals surface area (Å²) in [5, 5.41) is 0. The number of hydrogen-bond donors (Lipinski definition) is 0. The second kappa shape index (κ2) is 4.45. The molecule has 0 heterocycles. The number of hydrogen-bond acceptors (Lipinski definition) is 0. The monoisotopic (exact) mass is 188 g/mol. The van der Waals surface area contributed by atoms with Crippen molar-refractivity contribution in [2.75, 3.05) is 0 Å². The van der Waals surface area contributed by atoms with Gasteiger partial charge in [-0.2, -0.15) is 0 Å². The zero-order valence-corrected chi connectivity index (χ0v) is 8.22. The molecule has 0 bridgehead atoms. The van der Waals surface area contributed by atoms with E-state index < -0.39 is 0 Å². The average molecular weight is 188 g/mol. The molecule has 0 unspecified atom stereocenters. The van der Waals surface area contributed by atoms with Crippen molar-refractivity contribution in [1.29, 1.82) is 0 Å². The van der Waals surface area contributed by atoms with Gasteiger partial charge in [-0.25, -0.2) is 0 Å². The summed E-state index contributed by atoms with van der Waals surface area (Å²) in [5.74, 6) is 0.601. The van der Waals surface area contributed by atoms with Gasteiger partial charge in [0.1, 0.15) is 0 Å². The Morgan fingerprint density at radius 3 is 2.93 bits per heavy atom. The summed E-state index contributed by atoms with van der Waals surface area (Å²) in [5.41, 5.74) is 4.42. The van der Waals surface area contributed by atoms with Gasteiger partial charge in [-0.05, 0) is 37.3 Å². The summed E-state index contributed by atoms with van der Waals surface area (Å²) in [7, 11) is 0. The van der Waals surface area contributed by atoms with Crippen molar-refractivity contribution in [3.63, 3.8) is 0 Å². The second-order valence-electron chi connectivity index (χ2n) is 3.94. The number of benzene rings is 1. The normalized spacial score (nSPS) is 19.4. The highest BCUT2D eigenvalue weighted by Crippen LogP contribution is 2.32. The van der Waals surface area contributed by atoms with Gasteiger partial charge >= 0.3 is 0 Å². The van der Waals surface area contributed by atoms with Crippen LogP contribution in [-0.4, -0.2) is 0 Å². The fourth-order valence-electron chi connectivity index (χ4n) is 2.23. The highest BCUT2D eigenvalue weighted by atomic mass is 14.2. The van der Waals surface area contributed by atoms with Crippen molar-refractivity contribution < 1.29 is 0 Å². The van der Waals surface area contributed by atoms with Crippen LogP contribution in [0.15, 0.2) is 30.9 Å². The summed E-state index contributed by atoms with van der Waals surface area (Å²) < 4.78 is 0. The van der Waals surface area contributed by atoms with Crippen LogP contribution in [0.3, 0.4) is 0 Å². The lowest BCUT2D eigenvalue weighted by Gasteiger charge is -2.23. The molecule has 0 aliphatic heterocycles. The molecule has 0 heteroatoms. The minimum atomic E-state index is 0. The first-order valence-corrected chi connectivity index (χ1v) is 5.03. The van der Waals surface area contributed by atoms with Gasteiger partial charge in [0.25, 0.3) is 0 Å². The molecule has 0 saturated heterocycles. The maximum Gasteiger partial charge on any atom is 0.00181 e. The number of allylic oxidation sites excluding steroid dienone is 1. The van der Waals surface area contributed by atoms with Crippen LogP contribution in [-0.2, 0) is 6.42 Å². The standard InChI is InChI=1S/C13H16.CH4/c1-3-11-5-4-6-12-9-10(2)7-8-13(11)12;/h3,7-9,11H,1,4-6H2,2H3;1H4/t11-;/m1./s1. The van der Waals surface area contributed by atoms with Gasteiger partial charge < -0.3 is 0 Å². The van der Waals surface area contributed by atoms with Gasteiger partial charge in [-0.15, -0.1) is 6.58 Å². The molecule has 14 heavy (non-hydrogen) atoms. The number of fused-ring (bicyclic) bond motifs is 1. The second-order valence-corrected chi connectivity index (χ2v) is 3.94. The highest BCUT2D eigenvalue weighted by molar-refractivity contribution is 5.37. The van der Waals surface area contributed by atoms with E-state index in [4.69, 9.17) is 0 Å². The van der Waals surface area contributed by atoms with Crippen molar-refractivity contribution in [2.45, 2.75) is 39.5 Å². The Labute approximate surface area is 87.7 Å². The third-order valence-electron chi connectivity index (χ3n) is 2.94. The van der Waals surface area contributed by atoms with E-state index in [0.717, 1.165) is 0 Å². The molecule has 1 aromatic carbocycles. The van der Waals surface area contributed by atoms with Crippen molar-refractivity contribution in [1.82, 2.24) is 0 Å². The van der Waals surface area contributed by atoms with Crippen LogP contribution in [0.5, 0.6) is 0 Å². The van der Waals surface area contributed by atoms with Gasteiger partial charge in [0.2, 0.25) is 0 Å². The summed E-state index contributed by atoms with van der Waals surface area (Å²) in [6.45, 7) is 6.07. The van der Waals surface area contributed by atoms with E-state index in [2.05, 4.69) is 37.8 Å². The average Bonchev–Trinajstić information content (AvgIpc) is 2.16. The first-order chi connectivity index (χ1) is 6.31. The van der Waals surface area contributed by atoms with Crippen LogP contribution in [0.25, 0.3) is 0 Å². The lowest BCUT2D eigenvalue weighted by atomic mass is 9.82. The molecule has 1 atom stereocenters. The molecule has 0 spiro atoms. The molecule has 0 amide bonds. The molecule has 1 aliphatic rings. The van der Waals surface area contributed by atoms with Gasteiger partial charge in [0.05, 0.1) is 0 Å². The smallest absolute Gasteiger partial charge is 0.00181 e. The first-order valence-electron chi connectivity index (χ1n) is 5.03.